The van der Waals surface area contributed by atoms with Gasteiger partial charge in [0, 0.05) is 19.2 Å². The van der Waals surface area contributed by atoms with Crippen molar-refractivity contribution in [2.45, 2.75) is 28.8 Å². The molecule has 0 amide bonds. The Balaban J connectivity index is 1.31. The van der Waals surface area contributed by atoms with Gasteiger partial charge in [0.2, 0.25) is 0 Å². The van der Waals surface area contributed by atoms with E-state index in [1.54, 1.807) is 18.0 Å². The maximum absolute atomic E-state index is 5.94. The molecule has 0 spiro atoms. The summed E-state index contributed by atoms with van der Waals surface area (Å²) in [5.41, 5.74) is 2.15. The number of halogens is 1. The number of aromatic amines is 1. The maximum atomic E-state index is 5.94. The highest BCUT2D eigenvalue weighted by molar-refractivity contribution is 7.99. The van der Waals surface area contributed by atoms with E-state index in [2.05, 4.69) is 48.8 Å². The SMILES string of the molecule is Cn1cnc(C2=CCC([C@H]3C[C@@H]3c3nn[nH]n3)C=C2)c1Sc1ccc(Cl)cn1. The van der Waals surface area contributed by atoms with Crippen LogP contribution in [0.25, 0.3) is 5.57 Å². The lowest BCUT2D eigenvalue weighted by Crippen LogP contribution is -2.04. The van der Waals surface area contributed by atoms with Crippen LogP contribution < -0.4 is 0 Å². The molecule has 0 bridgehead atoms. The molecule has 7 nitrogen and oxygen atoms in total. The van der Waals surface area contributed by atoms with E-state index in [0.717, 1.165) is 40.0 Å². The van der Waals surface area contributed by atoms with E-state index in [-0.39, 0.29) is 0 Å². The zero-order valence-corrected chi connectivity index (χ0v) is 16.7. The van der Waals surface area contributed by atoms with Gasteiger partial charge >= 0.3 is 0 Å². The summed E-state index contributed by atoms with van der Waals surface area (Å²) in [4.78, 5) is 9.02. The van der Waals surface area contributed by atoms with Gasteiger partial charge in [0.1, 0.15) is 15.7 Å². The number of pyridine rings is 1. The highest BCUT2D eigenvalue weighted by atomic mass is 35.5. The van der Waals surface area contributed by atoms with E-state index < -0.39 is 0 Å². The van der Waals surface area contributed by atoms with Crippen molar-refractivity contribution in [1.82, 2.24) is 35.2 Å². The van der Waals surface area contributed by atoms with Crippen LogP contribution in [-0.4, -0.2) is 35.2 Å². The Morgan fingerprint density at radius 3 is 2.93 bits per heavy atom. The van der Waals surface area contributed by atoms with Crippen LogP contribution >= 0.6 is 23.4 Å². The number of hydrogen-bond donors (Lipinski definition) is 1. The number of tetrazole rings is 1. The molecule has 3 aromatic heterocycles. The van der Waals surface area contributed by atoms with Crippen molar-refractivity contribution in [1.29, 1.82) is 0 Å². The van der Waals surface area contributed by atoms with Crippen LogP contribution in [0.15, 0.2) is 52.9 Å². The first kappa shape index (κ1) is 17.6. The molecular weight excluding hydrogens is 394 g/mol. The number of allylic oxidation sites excluding steroid dienone is 4. The third kappa shape index (κ3) is 3.38. The summed E-state index contributed by atoms with van der Waals surface area (Å²) >= 11 is 7.54. The fraction of sp³-hybridized carbons (Fsp3) is 0.316. The quantitative estimate of drug-likeness (QED) is 0.685. The molecule has 2 aliphatic carbocycles. The molecule has 0 radical (unpaired) electrons. The largest absolute Gasteiger partial charge is 0.328 e. The van der Waals surface area contributed by atoms with Crippen LogP contribution in [0.3, 0.4) is 0 Å². The predicted molar refractivity (Wildman–Crippen MR) is 107 cm³/mol. The van der Waals surface area contributed by atoms with Crippen LogP contribution in [0.5, 0.6) is 0 Å². The van der Waals surface area contributed by atoms with E-state index >= 15 is 0 Å². The molecule has 1 fully saturated rings. The summed E-state index contributed by atoms with van der Waals surface area (Å²) in [6, 6.07) is 3.78. The summed E-state index contributed by atoms with van der Waals surface area (Å²) in [7, 11) is 2.00. The molecule has 3 heterocycles. The molecule has 0 saturated heterocycles. The van der Waals surface area contributed by atoms with Gasteiger partial charge in [-0.2, -0.15) is 5.21 Å². The van der Waals surface area contributed by atoms with Crippen molar-refractivity contribution in [3.63, 3.8) is 0 Å². The summed E-state index contributed by atoms with van der Waals surface area (Å²) in [6.07, 6.45) is 12.4. The second-order valence-electron chi connectivity index (χ2n) is 7.12. The minimum absolute atomic E-state index is 0.431. The molecule has 142 valence electrons. The van der Waals surface area contributed by atoms with Gasteiger partial charge in [0.05, 0.1) is 11.3 Å². The Bertz CT molecular complexity index is 1040. The average molecular weight is 412 g/mol. The standard InChI is InChI=1S/C19H18ClN7S/c1-27-10-22-17(19(27)28-16-7-6-13(20)9-21-16)12-4-2-11(3-5-12)14-8-15(14)18-23-25-26-24-18/h2,4-7,9-11,14-15H,3,8H2,1H3,(H,23,24,25,26)/t11?,14-,15+/m1/s1. The van der Waals surface area contributed by atoms with Gasteiger partial charge in [0.25, 0.3) is 0 Å². The van der Waals surface area contributed by atoms with E-state index in [4.69, 9.17) is 11.6 Å². The number of rotatable bonds is 5. The van der Waals surface area contributed by atoms with Crippen LogP contribution in [0.4, 0.5) is 0 Å². The molecule has 2 aliphatic rings. The Morgan fingerprint density at radius 1 is 1.29 bits per heavy atom. The molecule has 1 unspecified atom stereocenters. The first-order valence-corrected chi connectivity index (χ1v) is 10.3. The number of aromatic nitrogens is 7. The minimum Gasteiger partial charge on any atom is -0.328 e. The first-order chi connectivity index (χ1) is 13.7. The van der Waals surface area contributed by atoms with Crippen LogP contribution in [0.1, 0.15) is 30.3 Å². The lowest BCUT2D eigenvalue weighted by atomic mass is 9.90. The maximum Gasteiger partial charge on any atom is 0.177 e. The van der Waals surface area contributed by atoms with E-state index in [1.807, 2.05) is 30.1 Å². The zero-order chi connectivity index (χ0) is 19.1. The monoisotopic (exact) mass is 411 g/mol. The Morgan fingerprint density at radius 2 is 2.21 bits per heavy atom. The van der Waals surface area contributed by atoms with Crippen LogP contribution in [0.2, 0.25) is 5.02 Å². The third-order valence-electron chi connectivity index (χ3n) is 5.27. The highest BCUT2D eigenvalue weighted by Crippen LogP contribution is 2.53. The Labute approximate surface area is 171 Å². The van der Waals surface area contributed by atoms with Gasteiger partial charge in [-0.15, -0.1) is 10.2 Å². The summed E-state index contributed by atoms with van der Waals surface area (Å²) in [5.74, 6) is 2.39. The molecule has 0 aromatic carbocycles. The number of imidazole rings is 1. The number of H-pyrrole nitrogens is 1. The highest BCUT2D eigenvalue weighted by Gasteiger charge is 2.45. The molecule has 5 rings (SSSR count). The predicted octanol–water partition coefficient (Wildman–Crippen LogP) is 3.90. The van der Waals surface area contributed by atoms with Crippen molar-refractivity contribution in [3.05, 3.63) is 59.4 Å². The summed E-state index contributed by atoms with van der Waals surface area (Å²) in [5, 5.41) is 17.1. The van der Waals surface area contributed by atoms with E-state index in [1.165, 1.54) is 0 Å². The second-order valence-corrected chi connectivity index (χ2v) is 8.57. The average Bonchev–Trinajstić information content (AvgIpc) is 3.15. The van der Waals surface area contributed by atoms with Crippen molar-refractivity contribution >= 4 is 28.9 Å². The number of aryl methyl sites for hydroxylation is 1. The lowest BCUT2D eigenvalue weighted by Gasteiger charge is -2.16. The Hall–Kier alpha value is -2.45. The molecule has 1 N–H and O–H groups in total. The number of hydrogen-bond acceptors (Lipinski definition) is 6. The molecule has 3 atom stereocenters. The minimum atomic E-state index is 0.431. The topological polar surface area (TPSA) is 85.2 Å². The van der Waals surface area contributed by atoms with Gasteiger partial charge in [-0.1, -0.05) is 35.0 Å². The van der Waals surface area contributed by atoms with Crippen LogP contribution in [0, 0.1) is 11.8 Å². The van der Waals surface area contributed by atoms with E-state index in [9.17, 15) is 0 Å². The Kier molecular flexibility index (Phi) is 4.52. The van der Waals surface area contributed by atoms with Gasteiger partial charge < -0.3 is 4.57 Å². The van der Waals surface area contributed by atoms with Crippen molar-refractivity contribution in [2.24, 2.45) is 18.9 Å². The molecule has 28 heavy (non-hydrogen) atoms. The number of nitrogens with zero attached hydrogens (tertiary/aromatic N) is 6. The van der Waals surface area contributed by atoms with Gasteiger partial charge in [-0.05, 0) is 54.1 Å². The van der Waals surface area contributed by atoms with Crippen molar-refractivity contribution < 1.29 is 0 Å². The van der Waals surface area contributed by atoms with Gasteiger partial charge in [0.15, 0.2) is 5.82 Å². The summed E-state index contributed by atoms with van der Waals surface area (Å²) < 4.78 is 2.03. The molecule has 0 aliphatic heterocycles. The fourth-order valence-corrected chi connectivity index (χ4v) is 4.71. The first-order valence-electron chi connectivity index (χ1n) is 9.12. The van der Waals surface area contributed by atoms with Crippen molar-refractivity contribution in [2.75, 3.05) is 0 Å². The van der Waals surface area contributed by atoms with E-state index in [0.29, 0.717) is 22.8 Å². The number of nitrogens with one attached hydrogen (secondary N) is 1. The fourth-order valence-electron chi connectivity index (χ4n) is 3.70. The molecular formula is C19H18ClN7S. The molecule has 3 aromatic rings. The smallest absolute Gasteiger partial charge is 0.177 e. The van der Waals surface area contributed by atoms with Crippen molar-refractivity contribution in [3.8, 4) is 0 Å². The van der Waals surface area contributed by atoms with Gasteiger partial charge in [-0.3, -0.25) is 0 Å². The molecule has 1 saturated carbocycles. The lowest BCUT2D eigenvalue weighted by molar-refractivity contribution is 0.554. The zero-order valence-electron chi connectivity index (χ0n) is 15.2. The third-order valence-corrected chi connectivity index (χ3v) is 6.62. The second kappa shape index (κ2) is 7.18. The van der Waals surface area contributed by atoms with Gasteiger partial charge in [-0.25, -0.2) is 9.97 Å². The normalized spacial score (nSPS) is 23.6. The summed E-state index contributed by atoms with van der Waals surface area (Å²) in [6.45, 7) is 0. The van der Waals surface area contributed by atoms with Crippen LogP contribution in [-0.2, 0) is 7.05 Å². The molecule has 9 heteroatoms.